The number of aliphatic hydroxyl groups excluding tert-OH is 1. The molecule has 4 rings (SSSR count). The Balaban J connectivity index is 1.53. The lowest BCUT2D eigenvalue weighted by atomic mass is 9.92. The lowest BCUT2D eigenvalue weighted by Gasteiger charge is -2.28. The van der Waals surface area contributed by atoms with Crippen LogP contribution in [0.5, 0.6) is 0 Å². The number of hydrogen-bond donors (Lipinski definition) is 2. The largest absolute Gasteiger partial charge is 0.391 e. The van der Waals surface area contributed by atoms with Crippen LogP contribution < -0.4 is 10.2 Å². The second-order valence-corrected chi connectivity index (χ2v) is 7.96. The Morgan fingerprint density at radius 2 is 2.07 bits per heavy atom. The minimum absolute atomic E-state index is 0.139. The van der Waals surface area contributed by atoms with Gasteiger partial charge < -0.3 is 15.3 Å². The number of carbonyl (C=O) groups is 1. The number of aryl methyl sites for hydroxylation is 1. The van der Waals surface area contributed by atoms with Gasteiger partial charge in [0.15, 0.2) is 0 Å². The maximum Gasteiger partial charge on any atom is 0.270 e. The zero-order chi connectivity index (χ0) is 19.7. The molecule has 3 atom stereocenters. The summed E-state index contributed by atoms with van der Waals surface area (Å²) in [7, 11) is 0. The molecule has 1 saturated carbocycles. The van der Waals surface area contributed by atoms with Crippen molar-refractivity contribution >= 4 is 11.7 Å². The highest BCUT2D eigenvalue weighted by molar-refractivity contribution is 5.93. The van der Waals surface area contributed by atoms with Gasteiger partial charge in [0, 0.05) is 18.4 Å². The van der Waals surface area contributed by atoms with Crippen molar-refractivity contribution in [1.29, 1.82) is 0 Å². The summed E-state index contributed by atoms with van der Waals surface area (Å²) in [6.07, 6.45) is 6.01. The van der Waals surface area contributed by atoms with E-state index in [2.05, 4.69) is 28.2 Å². The van der Waals surface area contributed by atoms with E-state index in [1.807, 2.05) is 25.3 Å². The number of nitrogens with one attached hydrogen (secondary N) is 1. The van der Waals surface area contributed by atoms with Crippen LogP contribution in [0.2, 0.25) is 0 Å². The molecule has 2 aliphatic rings. The number of aromatic nitrogens is 2. The number of carbonyl (C=O) groups excluding carboxylic acids is 1. The van der Waals surface area contributed by atoms with Crippen LogP contribution in [0.4, 0.5) is 5.82 Å². The predicted octanol–water partition coefficient (Wildman–Crippen LogP) is 2.94. The summed E-state index contributed by atoms with van der Waals surface area (Å²) in [6, 6.07) is 7.90. The van der Waals surface area contributed by atoms with Crippen LogP contribution in [0.25, 0.3) is 0 Å². The minimum Gasteiger partial charge on any atom is -0.391 e. The summed E-state index contributed by atoms with van der Waals surface area (Å²) in [5.74, 6) is 0.676. The maximum absolute atomic E-state index is 12.7. The quantitative estimate of drug-likeness (QED) is 0.853. The second kappa shape index (κ2) is 7.87. The van der Waals surface area contributed by atoms with E-state index in [1.54, 1.807) is 6.07 Å². The summed E-state index contributed by atoms with van der Waals surface area (Å²) in [5, 5.41) is 13.1. The van der Waals surface area contributed by atoms with Crippen LogP contribution in [-0.4, -0.2) is 39.7 Å². The van der Waals surface area contributed by atoms with Crippen molar-refractivity contribution in [2.24, 2.45) is 0 Å². The van der Waals surface area contributed by atoms with Crippen LogP contribution in [0, 0.1) is 6.92 Å². The molecule has 2 aromatic heterocycles. The third-order valence-electron chi connectivity index (χ3n) is 6.01. The van der Waals surface area contributed by atoms with Gasteiger partial charge in [-0.2, -0.15) is 0 Å². The molecular formula is C22H28N4O2. The molecule has 2 aromatic rings. The SMILES string of the molecule is Cc1ccc(C(C)N2CCc3ccc(C(=O)N[C@H]4CCCC[C@@H]4O)nc32)cn1. The zero-order valence-electron chi connectivity index (χ0n) is 16.6. The Kier molecular flexibility index (Phi) is 5.31. The van der Waals surface area contributed by atoms with E-state index in [0.29, 0.717) is 5.69 Å². The molecule has 2 N–H and O–H groups in total. The van der Waals surface area contributed by atoms with Crippen LogP contribution in [0.3, 0.4) is 0 Å². The minimum atomic E-state index is -0.460. The van der Waals surface area contributed by atoms with Gasteiger partial charge in [-0.1, -0.05) is 25.0 Å². The smallest absolute Gasteiger partial charge is 0.270 e. The van der Waals surface area contributed by atoms with Crippen molar-refractivity contribution < 1.29 is 9.90 Å². The molecule has 6 nitrogen and oxygen atoms in total. The van der Waals surface area contributed by atoms with E-state index in [0.717, 1.165) is 55.7 Å². The van der Waals surface area contributed by atoms with Crippen molar-refractivity contribution in [1.82, 2.24) is 15.3 Å². The molecule has 3 heterocycles. The topological polar surface area (TPSA) is 78.4 Å². The van der Waals surface area contributed by atoms with Crippen LogP contribution in [0.15, 0.2) is 30.5 Å². The molecule has 148 valence electrons. The van der Waals surface area contributed by atoms with Crippen molar-refractivity contribution in [2.75, 3.05) is 11.4 Å². The Hall–Kier alpha value is -2.47. The fourth-order valence-corrected chi connectivity index (χ4v) is 4.20. The van der Waals surface area contributed by atoms with E-state index in [1.165, 1.54) is 5.56 Å². The van der Waals surface area contributed by atoms with E-state index in [9.17, 15) is 9.90 Å². The van der Waals surface area contributed by atoms with Crippen molar-refractivity contribution in [2.45, 2.75) is 64.1 Å². The van der Waals surface area contributed by atoms with Gasteiger partial charge in [-0.05, 0) is 56.4 Å². The number of amides is 1. The third-order valence-corrected chi connectivity index (χ3v) is 6.01. The van der Waals surface area contributed by atoms with Gasteiger partial charge >= 0.3 is 0 Å². The van der Waals surface area contributed by atoms with E-state index in [-0.39, 0.29) is 18.0 Å². The van der Waals surface area contributed by atoms with Crippen molar-refractivity contribution in [3.63, 3.8) is 0 Å². The maximum atomic E-state index is 12.7. The highest BCUT2D eigenvalue weighted by Crippen LogP contribution is 2.33. The van der Waals surface area contributed by atoms with Crippen LogP contribution in [0.1, 0.15) is 66.0 Å². The van der Waals surface area contributed by atoms with Gasteiger partial charge in [0.05, 0.1) is 18.2 Å². The second-order valence-electron chi connectivity index (χ2n) is 7.96. The summed E-state index contributed by atoms with van der Waals surface area (Å²) in [4.78, 5) is 24.1. The van der Waals surface area contributed by atoms with Crippen LogP contribution >= 0.6 is 0 Å². The van der Waals surface area contributed by atoms with Gasteiger partial charge in [0.25, 0.3) is 5.91 Å². The average molecular weight is 380 g/mol. The Labute approximate surface area is 166 Å². The molecule has 6 heteroatoms. The molecule has 1 aliphatic heterocycles. The average Bonchev–Trinajstić information content (AvgIpc) is 3.13. The van der Waals surface area contributed by atoms with Gasteiger partial charge in [0.1, 0.15) is 11.5 Å². The standard InChI is InChI=1S/C22H28N4O2/c1-14-7-8-17(13-23-14)15(2)26-12-11-16-9-10-19(24-21(16)26)22(28)25-18-5-3-4-6-20(18)27/h7-10,13,15,18,20,27H,3-6,11-12H2,1-2H3,(H,25,28)/t15?,18-,20-/m0/s1. The number of nitrogens with zero attached hydrogens (tertiary/aromatic N) is 3. The predicted molar refractivity (Wildman–Crippen MR) is 108 cm³/mol. The molecule has 0 bridgehead atoms. The molecule has 0 spiro atoms. The Bertz CT molecular complexity index is 852. The molecule has 28 heavy (non-hydrogen) atoms. The monoisotopic (exact) mass is 380 g/mol. The first-order chi connectivity index (χ1) is 13.5. The van der Waals surface area contributed by atoms with Gasteiger partial charge in [-0.15, -0.1) is 0 Å². The number of anilines is 1. The highest BCUT2D eigenvalue weighted by atomic mass is 16.3. The van der Waals surface area contributed by atoms with E-state index < -0.39 is 6.10 Å². The lowest BCUT2D eigenvalue weighted by Crippen LogP contribution is -2.45. The molecule has 0 aromatic carbocycles. The number of fused-ring (bicyclic) bond motifs is 1. The molecular weight excluding hydrogens is 352 g/mol. The van der Waals surface area contributed by atoms with E-state index in [4.69, 9.17) is 4.98 Å². The summed E-state index contributed by atoms with van der Waals surface area (Å²) in [6.45, 7) is 5.01. The Morgan fingerprint density at radius 1 is 1.25 bits per heavy atom. The summed E-state index contributed by atoms with van der Waals surface area (Å²) < 4.78 is 0. The fourth-order valence-electron chi connectivity index (χ4n) is 4.20. The molecule has 1 fully saturated rings. The van der Waals surface area contributed by atoms with E-state index >= 15 is 0 Å². The zero-order valence-corrected chi connectivity index (χ0v) is 16.6. The van der Waals surface area contributed by atoms with Crippen molar-refractivity contribution in [3.05, 3.63) is 53.0 Å². The molecule has 0 radical (unpaired) electrons. The molecule has 1 amide bonds. The number of rotatable bonds is 4. The lowest BCUT2D eigenvalue weighted by molar-refractivity contribution is 0.0714. The normalized spacial score (nSPS) is 22.6. The molecule has 1 unspecified atom stereocenters. The number of hydrogen-bond acceptors (Lipinski definition) is 5. The molecule has 0 saturated heterocycles. The fraction of sp³-hybridized carbons (Fsp3) is 0.500. The molecule has 1 aliphatic carbocycles. The first-order valence-corrected chi connectivity index (χ1v) is 10.2. The third kappa shape index (κ3) is 3.74. The first-order valence-electron chi connectivity index (χ1n) is 10.2. The van der Waals surface area contributed by atoms with Gasteiger partial charge in [-0.25, -0.2) is 4.98 Å². The Morgan fingerprint density at radius 3 is 2.82 bits per heavy atom. The van der Waals surface area contributed by atoms with Gasteiger partial charge in [0.2, 0.25) is 0 Å². The van der Waals surface area contributed by atoms with Gasteiger partial charge in [-0.3, -0.25) is 9.78 Å². The number of pyridine rings is 2. The highest BCUT2D eigenvalue weighted by Gasteiger charge is 2.29. The number of aliphatic hydroxyl groups is 1. The summed E-state index contributed by atoms with van der Waals surface area (Å²) >= 11 is 0. The summed E-state index contributed by atoms with van der Waals surface area (Å²) in [5.41, 5.74) is 3.72. The van der Waals surface area contributed by atoms with Crippen LogP contribution in [-0.2, 0) is 6.42 Å². The van der Waals surface area contributed by atoms with Crippen molar-refractivity contribution in [3.8, 4) is 0 Å². The first kappa shape index (κ1) is 18.9.